The second-order valence-electron chi connectivity index (χ2n) is 28.2. The number of alkyl halides is 3. The van der Waals surface area contributed by atoms with Gasteiger partial charge < -0.3 is 33.3 Å². The molecule has 3 aliphatic heterocycles. The Morgan fingerprint density at radius 1 is 0.440 bits per heavy atom. The normalized spacial score (nSPS) is 16.9. The molecule has 0 saturated carbocycles. The van der Waals surface area contributed by atoms with Crippen LogP contribution in [-0.2, 0) is 53.3 Å². The molecule has 3 heterocycles. The van der Waals surface area contributed by atoms with Gasteiger partial charge in [0.05, 0.1) is 25.2 Å². The second-order valence-corrected chi connectivity index (χ2v) is 28.6. The summed E-state index contributed by atoms with van der Waals surface area (Å²) in [6.07, 6.45) is 42.5. The van der Waals surface area contributed by atoms with Crippen molar-refractivity contribution in [2.24, 2.45) is 0 Å². The molecule has 16 heteroatoms. The molecule has 1 spiro atoms. The summed E-state index contributed by atoms with van der Waals surface area (Å²) in [4.78, 5) is 71.0. The fourth-order valence-electron chi connectivity index (χ4n) is 13.5. The maximum atomic E-state index is 14.6. The number of nitrogens with zero attached hydrogens (tertiary/aromatic N) is 1. The number of unbranched alkanes of at least 4 members (excludes halogenated alkanes) is 30. The number of carboxylic acid groups (broad SMARTS) is 1. The fourth-order valence-corrected chi connectivity index (χ4v) is 13.6. The molecule has 2 bridgehead atoms. The number of aliphatic carboxylic acids is 1. The molecule has 3 aliphatic rings. The van der Waals surface area contributed by atoms with Crippen LogP contribution in [0.1, 0.15) is 322 Å². The summed E-state index contributed by atoms with van der Waals surface area (Å²) in [6.45, 7) is 14.1. The minimum absolute atomic E-state index is 0.0599. The Morgan fingerprint density at radius 3 is 0.967 bits per heavy atom. The molecule has 91 heavy (non-hydrogen) atoms. The number of piperidine rings is 1. The highest BCUT2D eigenvalue weighted by Crippen LogP contribution is 2.47. The quantitative estimate of drug-likeness (QED) is 0.0204. The van der Waals surface area contributed by atoms with E-state index in [-0.39, 0.29) is 46.9 Å². The molecule has 0 N–H and O–H groups in total. The van der Waals surface area contributed by atoms with Crippen molar-refractivity contribution in [2.45, 2.75) is 352 Å². The maximum absolute atomic E-state index is 14.6. The van der Waals surface area contributed by atoms with Crippen molar-refractivity contribution in [3.63, 3.8) is 0 Å². The van der Waals surface area contributed by atoms with Gasteiger partial charge in [-0.1, -0.05) is 240 Å². The van der Waals surface area contributed by atoms with E-state index in [1.165, 1.54) is 191 Å². The third-order valence-electron chi connectivity index (χ3n) is 18.0. The molecule has 0 aliphatic carbocycles. The summed E-state index contributed by atoms with van der Waals surface area (Å²) in [5.74, 6) is -3.95. The maximum Gasteiger partial charge on any atom is 0.430 e. The second kappa shape index (κ2) is 45.0. The van der Waals surface area contributed by atoms with Crippen LogP contribution in [0.3, 0.4) is 0 Å². The lowest BCUT2D eigenvalue weighted by atomic mass is 9.85. The van der Waals surface area contributed by atoms with Crippen molar-refractivity contribution in [3.8, 4) is 0 Å². The average Bonchev–Trinajstić information content (AvgIpc) is 1.65. The summed E-state index contributed by atoms with van der Waals surface area (Å²) < 4.78 is 56.4. The van der Waals surface area contributed by atoms with Crippen LogP contribution in [0, 0.1) is 0 Å². The number of esters is 4. The van der Waals surface area contributed by atoms with Gasteiger partial charge in [0, 0.05) is 75.3 Å². The molecule has 518 valence electrons. The van der Waals surface area contributed by atoms with Gasteiger partial charge >= 0.3 is 30.1 Å². The number of carbonyl (C=O) groups excluding carboxylic acids is 6. The predicted octanol–water partition coefficient (Wildman–Crippen LogP) is 19.1. The van der Waals surface area contributed by atoms with Crippen LogP contribution in [0.4, 0.5) is 13.2 Å². The molecule has 3 fully saturated rings. The van der Waals surface area contributed by atoms with E-state index in [1.54, 1.807) is 0 Å². The number of ether oxygens (including phenoxy) is 4. The number of hydrogen-bond acceptors (Lipinski definition) is 11. The van der Waals surface area contributed by atoms with Gasteiger partial charge in [0.25, 0.3) is 5.60 Å². The molecule has 2 unspecified atom stereocenters. The van der Waals surface area contributed by atoms with E-state index in [1.807, 2.05) is 102 Å². The molecule has 12 nitrogen and oxygen atoms in total. The first-order valence-electron chi connectivity index (χ1n) is 35.7. The van der Waals surface area contributed by atoms with E-state index < -0.39 is 23.7 Å². The molecular weight excluding hydrogens is 1180 g/mol. The number of benzene rings is 2. The highest BCUT2D eigenvalue weighted by Gasteiger charge is 2.57. The molecule has 2 aromatic carbocycles. The van der Waals surface area contributed by atoms with E-state index in [0.717, 1.165) is 70.6 Å². The summed E-state index contributed by atoms with van der Waals surface area (Å²) in [7, 11) is 0. The Bertz CT molecular complexity index is 2260. The zero-order valence-electron chi connectivity index (χ0n) is 57.1. The van der Waals surface area contributed by atoms with Crippen molar-refractivity contribution in [1.82, 2.24) is 0 Å². The van der Waals surface area contributed by atoms with E-state index in [0.29, 0.717) is 42.5 Å². The van der Waals surface area contributed by atoms with Crippen molar-refractivity contribution in [2.75, 3.05) is 13.1 Å². The topological polar surface area (TPSA) is 162 Å². The third-order valence-corrected chi connectivity index (χ3v) is 18.2. The lowest BCUT2D eigenvalue weighted by molar-refractivity contribution is -0.956. The molecule has 0 radical (unpaired) electrons. The fraction of sp³-hybridized carbons (Fsp3) is 0.760. The third kappa shape index (κ3) is 35.0. The van der Waals surface area contributed by atoms with Crippen LogP contribution in [0.15, 0.2) is 60.7 Å². The van der Waals surface area contributed by atoms with Gasteiger partial charge in [0.2, 0.25) is 5.24 Å². The van der Waals surface area contributed by atoms with Gasteiger partial charge in [-0.15, -0.1) is 0 Å². The number of quaternary nitrogens is 1. The summed E-state index contributed by atoms with van der Waals surface area (Å²) >= 11 is 5.32. The van der Waals surface area contributed by atoms with Crippen LogP contribution in [-0.4, -0.2) is 88.2 Å². The lowest BCUT2D eigenvalue weighted by Gasteiger charge is -2.47. The van der Waals surface area contributed by atoms with Crippen LogP contribution in [0.2, 0.25) is 0 Å². The van der Waals surface area contributed by atoms with E-state index in [9.17, 15) is 37.1 Å². The van der Waals surface area contributed by atoms with Crippen LogP contribution in [0.5, 0.6) is 0 Å². The molecule has 5 rings (SSSR count). The van der Waals surface area contributed by atoms with E-state index in [2.05, 4.69) is 0 Å². The Balaban J connectivity index is 0.000000515. The predicted molar refractivity (Wildman–Crippen MR) is 355 cm³/mol. The number of halogens is 4. The highest BCUT2D eigenvalue weighted by atomic mass is 35.5. The van der Waals surface area contributed by atoms with Crippen LogP contribution in [0.25, 0.3) is 0 Å². The smallest absolute Gasteiger partial charge is 0.430 e. The first kappa shape index (κ1) is 80.7. The average molecular weight is 1300 g/mol. The van der Waals surface area contributed by atoms with Crippen molar-refractivity contribution < 1.29 is 70.5 Å². The molecule has 0 amide bonds. The Hall–Kier alpha value is -4.50. The summed E-state index contributed by atoms with van der Waals surface area (Å²) in [5.41, 5.74) is -1.11. The lowest BCUT2D eigenvalue weighted by Crippen LogP contribution is -2.60. The van der Waals surface area contributed by atoms with Gasteiger partial charge in [-0.05, 0) is 78.8 Å². The number of carboxylic acids is 1. The highest BCUT2D eigenvalue weighted by molar-refractivity contribution is 6.63. The van der Waals surface area contributed by atoms with E-state index >= 15 is 0 Å². The standard InChI is InChI=1S/C49H74NO6.C24H45ClO3.C2HF3O2/c1-48(2,3)55-45(51)32-24-16-14-12-10-8-6-4-5-7-9-11-13-15-17-25-33-46(52)56-49(40-28-20-18-21-29-40,41-30-22-19-23-31-41)47(53)54-44-38-42-34-35-43(39-44)50(42)36-26-27-37-50;1-24(2,3)28-23(27)21-19-17-15-13-11-9-7-5-4-6-8-10-12-14-16-18-20-22(25)26;3-2(4,5)1(6)7/h18-23,28-31,42-44H,4-17,24-27,32-39H2,1-3H3;4-21H2,1-3H3;(H,6,7)/q+1;;/p-1. The first-order chi connectivity index (χ1) is 43.4. The van der Waals surface area contributed by atoms with Gasteiger partial charge in [-0.2, -0.15) is 13.2 Å². The van der Waals surface area contributed by atoms with Gasteiger partial charge in [0.1, 0.15) is 23.3 Å². The zero-order valence-corrected chi connectivity index (χ0v) is 57.8. The molecule has 2 atom stereocenters. The summed E-state index contributed by atoms with van der Waals surface area (Å²) in [6, 6.07) is 20.1. The van der Waals surface area contributed by atoms with Gasteiger partial charge in [-0.3, -0.25) is 19.2 Å². The number of hydrogen-bond donors (Lipinski definition) is 0. The first-order valence-corrected chi connectivity index (χ1v) is 36.1. The molecule has 2 aromatic rings. The largest absolute Gasteiger partial charge is 0.542 e. The Labute approximate surface area is 551 Å². The van der Waals surface area contributed by atoms with Crippen molar-refractivity contribution in [1.29, 1.82) is 0 Å². The number of carbonyl (C=O) groups is 6. The zero-order chi connectivity index (χ0) is 66.9. The minimum atomic E-state index is -5.19. The van der Waals surface area contributed by atoms with Crippen LogP contribution < -0.4 is 5.11 Å². The monoisotopic (exact) mass is 1300 g/mol. The van der Waals surface area contributed by atoms with E-state index in [4.69, 9.17) is 40.4 Å². The van der Waals surface area contributed by atoms with Crippen molar-refractivity contribution in [3.05, 3.63) is 71.8 Å². The summed E-state index contributed by atoms with van der Waals surface area (Å²) in [5, 5.41) is 8.59. The molecule has 0 aromatic heterocycles. The van der Waals surface area contributed by atoms with Gasteiger partial charge in [-0.25, -0.2) is 4.79 Å². The van der Waals surface area contributed by atoms with Crippen molar-refractivity contribution >= 4 is 46.7 Å². The SMILES string of the molecule is CC(C)(C)OC(=O)CCCCCCCCCCCCCCCCCCC(=O)Cl.CC(C)(C)OC(=O)CCCCCCCCCCCCCCCCCCC(=O)OC(C(=O)OC1CC2CCC(C1)[N+]21CCCC1)(c1ccccc1)c1ccccc1.O=C([O-])C(F)(F)F. The van der Waals surface area contributed by atoms with Gasteiger partial charge in [0.15, 0.2) is 0 Å². The Morgan fingerprint density at radius 2 is 0.703 bits per heavy atom. The minimum Gasteiger partial charge on any atom is -0.542 e. The molecular formula is C75H119ClF3NO11. The molecule has 3 saturated heterocycles. The number of rotatable bonds is 43. The Kier molecular flexibility index (Phi) is 39.9. The van der Waals surface area contributed by atoms with Crippen LogP contribution >= 0.6 is 11.6 Å².